The van der Waals surface area contributed by atoms with E-state index >= 15 is 0 Å². The lowest BCUT2D eigenvalue weighted by Gasteiger charge is -2.29. The summed E-state index contributed by atoms with van der Waals surface area (Å²) in [5.41, 5.74) is 1.90. The minimum atomic E-state index is -0.409. The molecule has 2 heterocycles. The number of likely N-dealkylation sites (tertiary alicyclic amines) is 1. The molecular weight excluding hydrogens is 352 g/mol. The second-order valence-corrected chi connectivity index (χ2v) is 8.03. The Morgan fingerprint density at radius 2 is 1.79 bits per heavy atom. The molecule has 146 valence electrons. The van der Waals surface area contributed by atoms with E-state index in [0.29, 0.717) is 6.54 Å². The van der Waals surface area contributed by atoms with Crippen molar-refractivity contribution in [2.45, 2.75) is 37.1 Å². The van der Waals surface area contributed by atoms with Crippen LogP contribution in [-0.2, 0) is 10.2 Å². The zero-order valence-corrected chi connectivity index (χ0v) is 16.0. The first-order valence-electron chi connectivity index (χ1n) is 10.2. The third kappa shape index (κ3) is 3.14. The third-order valence-electron chi connectivity index (χ3n) is 6.33. The standard InChI is InChI=1S/C23H26N2O3/c26-22(23(10-11-23)18-8-9-20-21(14-18)28-16-27-20)24-15-19(25-12-4-5-13-25)17-6-2-1-3-7-17/h1-3,6-9,14,19H,4-5,10-13,15-16H2,(H,24,26). The van der Waals surface area contributed by atoms with Crippen molar-refractivity contribution in [2.24, 2.45) is 0 Å². The Balaban J connectivity index is 1.31. The maximum absolute atomic E-state index is 13.2. The number of hydrogen-bond donors (Lipinski definition) is 1. The number of rotatable bonds is 6. The summed E-state index contributed by atoms with van der Waals surface area (Å²) in [6.45, 7) is 3.10. The van der Waals surface area contributed by atoms with Crippen LogP contribution < -0.4 is 14.8 Å². The van der Waals surface area contributed by atoms with Gasteiger partial charge in [0, 0.05) is 6.54 Å². The minimum absolute atomic E-state index is 0.131. The fourth-order valence-corrected chi connectivity index (χ4v) is 4.51. The molecule has 5 nitrogen and oxygen atoms in total. The van der Waals surface area contributed by atoms with Crippen LogP contribution in [0.2, 0.25) is 0 Å². The molecule has 3 aliphatic rings. The third-order valence-corrected chi connectivity index (χ3v) is 6.33. The number of carbonyl (C=O) groups excluding carboxylic acids is 1. The van der Waals surface area contributed by atoms with Crippen LogP contribution in [-0.4, -0.2) is 37.2 Å². The van der Waals surface area contributed by atoms with Gasteiger partial charge in [-0.1, -0.05) is 36.4 Å². The number of ether oxygens (including phenoxy) is 2. The largest absolute Gasteiger partial charge is 0.454 e. The molecule has 1 unspecified atom stereocenters. The van der Waals surface area contributed by atoms with Gasteiger partial charge >= 0.3 is 0 Å². The van der Waals surface area contributed by atoms with Gasteiger partial charge in [0.25, 0.3) is 0 Å². The first kappa shape index (κ1) is 17.6. The van der Waals surface area contributed by atoms with Crippen LogP contribution >= 0.6 is 0 Å². The molecule has 0 spiro atoms. The molecule has 1 amide bonds. The van der Waals surface area contributed by atoms with E-state index in [1.54, 1.807) is 0 Å². The average molecular weight is 378 g/mol. The van der Waals surface area contributed by atoms with Gasteiger partial charge in [-0.3, -0.25) is 9.69 Å². The van der Waals surface area contributed by atoms with E-state index in [1.165, 1.54) is 18.4 Å². The van der Waals surface area contributed by atoms with Gasteiger partial charge in [-0.15, -0.1) is 0 Å². The van der Waals surface area contributed by atoms with Crippen LogP contribution in [0.3, 0.4) is 0 Å². The van der Waals surface area contributed by atoms with Crippen LogP contribution in [0, 0.1) is 0 Å². The van der Waals surface area contributed by atoms with Gasteiger partial charge in [0.15, 0.2) is 11.5 Å². The second-order valence-electron chi connectivity index (χ2n) is 8.03. The number of nitrogens with zero attached hydrogens (tertiary/aromatic N) is 1. The Kier molecular flexibility index (Phi) is 4.47. The Morgan fingerprint density at radius 3 is 2.54 bits per heavy atom. The Bertz CT molecular complexity index is 857. The lowest BCUT2D eigenvalue weighted by atomic mass is 9.94. The van der Waals surface area contributed by atoms with Crippen LogP contribution in [0.5, 0.6) is 11.5 Å². The molecule has 1 saturated heterocycles. The van der Waals surface area contributed by atoms with Crippen molar-refractivity contribution in [3.8, 4) is 11.5 Å². The van der Waals surface area contributed by atoms with E-state index in [1.807, 2.05) is 24.3 Å². The van der Waals surface area contributed by atoms with Crippen LogP contribution in [0.4, 0.5) is 0 Å². The predicted octanol–water partition coefficient (Wildman–Crippen LogP) is 3.40. The Labute approximate surface area is 165 Å². The molecule has 5 rings (SSSR count). The highest BCUT2D eigenvalue weighted by molar-refractivity contribution is 5.91. The quantitative estimate of drug-likeness (QED) is 0.837. The van der Waals surface area contributed by atoms with Crippen molar-refractivity contribution in [1.29, 1.82) is 0 Å². The maximum atomic E-state index is 13.2. The number of fused-ring (bicyclic) bond motifs is 1. The van der Waals surface area contributed by atoms with Gasteiger partial charge < -0.3 is 14.8 Å². The van der Waals surface area contributed by atoms with E-state index in [9.17, 15) is 4.79 Å². The number of amides is 1. The van der Waals surface area contributed by atoms with Crippen LogP contribution in [0.15, 0.2) is 48.5 Å². The monoisotopic (exact) mass is 378 g/mol. The summed E-state index contributed by atoms with van der Waals surface area (Å²) < 4.78 is 10.9. The molecule has 0 radical (unpaired) electrons. The minimum Gasteiger partial charge on any atom is -0.454 e. The average Bonchev–Trinajstić information content (AvgIpc) is 3.14. The van der Waals surface area contributed by atoms with Crippen molar-refractivity contribution in [3.63, 3.8) is 0 Å². The van der Waals surface area contributed by atoms with Crippen molar-refractivity contribution < 1.29 is 14.3 Å². The fraction of sp³-hybridized carbons (Fsp3) is 0.435. The first-order chi connectivity index (χ1) is 13.8. The molecule has 1 atom stereocenters. The Hall–Kier alpha value is -2.53. The molecular formula is C23H26N2O3. The molecule has 1 aliphatic carbocycles. The first-order valence-corrected chi connectivity index (χ1v) is 10.2. The van der Waals surface area contributed by atoms with E-state index in [0.717, 1.165) is 43.0 Å². The highest BCUT2D eigenvalue weighted by Gasteiger charge is 2.51. The highest BCUT2D eigenvalue weighted by Crippen LogP contribution is 2.50. The summed E-state index contributed by atoms with van der Waals surface area (Å²) in [7, 11) is 0. The van der Waals surface area contributed by atoms with Crippen molar-refractivity contribution >= 4 is 5.91 Å². The van der Waals surface area contributed by atoms with E-state index in [4.69, 9.17) is 9.47 Å². The van der Waals surface area contributed by atoms with Gasteiger partial charge in [-0.25, -0.2) is 0 Å². The number of benzene rings is 2. The molecule has 0 bridgehead atoms. The number of nitrogens with one attached hydrogen (secondary N) is 1. The predicted molar refractivity (Wildman–Crippen MR) is 106 cm³/mol. The summed E-state index contributed by atoms with van der Waals surface area (Å²) in [5.74, 6) is 1.64. The van der Waals surface area contributed by atoms with Crippen molar-refractivity contribution in [3.05, 3.63) is 59.7 Å². The lowest BCUT2D eigenvalue weighted by molar-refractivity contribution is -0.123. The molecule has 2 aliphatic heterocycles. The van der Waals surface area contributed by atoms with Crippen molar-refractivity contribution in [2.75, 3.05) is 26.4 Å². The van der Waals surface area contributed by atoms with Gasteiger partial charge in [-0.05, 0) is 62.0 Å². The van der Waals surface area contributed by atoms with Gasteiger partial charge in [0.1, 0.15) is 0 Å². The van der Waals surface area contributed by atoms with Crippen molar-refractivity contribution in [1.82, 2.24) is 10.2 Å². The van der Waals surface area contributed by atoms with Gasteiger partial charge in [0.2, 0.25) is 12.7 Å². The topological polar surface area (TPSA) is 50.8 Å². The van der Waals surface area contributed by atoms with E-state index in [-0.39, 0.29) is 18.7 Å². The summed E-state index contributed by atoms with van der Waals surface area (Å²) in [4.78, 5) is 15.7. The van der Waals surface area contributed by atoms with Crippen LogP contribution in [0.25, 0.3) is 0 Å². The molecule has 2 aromatic rings. The second kappa shape index (κ2) is 7.13. The normalized spacial score (nSPS) is 20.7. The van der Waals surface area contributed by atoms with Gasteiger partial charge in [0.05, 0.1) is 11.5 Å². The molecule has 2 fully saturated rings. The summed E-state index contributed by atoms with van der Waals surface area (Å²) in [5, 5.41) is 3.27. The molecule has 1 N–H and O–H groups in total. The number of hydrogen-bond acceptors (Lipinski definition) is 4. The Morgan fingerprint density at radius 1 is 1.04 bits per heavy atom. The molecule has 2 aromatic carbocycles. The number of carbonyl (C=O) groups is 1. The molecule has 5 heteroatoms. The summed E-state index contributed by atoms with van der Waals surface area (Å²) in [6.07, 6.45) is 4.24. The van der Waals surface area contributed by atoms with E-state index in [2.05, 4.69) is 34.5 Å². The molecule has 28 heavy (non-hydrogen) atoms. The molecule has 0 aromatic heterocycles. The zero-order chi connectivity index (χ0) is 19.0. The fourth-order valence-electron chi connectivity index (χ4n) is 4.51. The van der Waals surface area contributed by atoms with E-state index < -0.39 is 5.41 Å². The molecule has 1 saturated carbocycles. The summed E-state index contributed by atoms with van der Waals surface area (Å²) >= 11 is 0. The maximum Gasteiger partial charge on any atom is 0.231 e. The SMILES string of the molecule is O=C(NCC(c1ccccc1)N1CCCC1)C1(c2ccc3c(c2)OCO3)CC1. The van der Waals surface area contributed by atoms with Crippen LogP contribution in [0.1, 0.15) is 42.9 Å². The summed E-state index contributed by atoms with van der Waals surface area (Å²) in [6, 6.07) is 16.7. The van der Waals surface area contributed by atoms with Gasteiger partial charge in [-0.2, -0.15) is 0 Å². The smallest absolute Gasteiger partial charge is 0.231 e. The highest BCUT2D eigenvalue weighted by atomic mass is 16.7. The lowest BCUT2D eigenvalue weighted by Crippen LogP contribution is -2.41. The zero-order valence-electron chi connectivity index (χ0n) is 16.0.